The van der Waals surface area contributed by atoms with Gasteiger partial charge in [-0.1, -0.05) is 50.2 Å². The van der Waals surface area contributed by atoms with Crippen LogP contribution in [0.1, 0.15) is 57.2 Å². The lowest BCUT2D eigenvalue weighted by atomic mass is 9.88. The standard InChI is InChI=1S/C20H23F3N2O/c1-12(2)14-9-5-7-13-8-6-10-15(17(13)14)18(20(21,22)23)25-19(3,4)11-16(26)24-25/h5-10,12,18H,11H2,1-4H3,(H,24,26)/t18-/m0/s1. The summed E-state index contributed by atoms with van der Waals surface area (Å²) in [5.41, 5.74) is 2.55. The first-order chi connectivity index (χ1) is 12.0. The van der Waals surface area contributed by atoms with Crippen LogP contribution >= 0.6 is 0 Å². The summed E-state index contributed by atoms with van der Waals surface area (Å²) < 4.78 is 42.6. The van der Waals surface area contributed by atoms with Crippen LogP contribution in [0.4, 0.5) is 13.2 Å². The zero-order valence-corrected chi connectivity index (χ0v) is 15.3. The summed E-state index contributed by atoms with van der Waals surface area (Å²) >= 11 is 0. The first kappa shape index (κ1) is 18.7. The van der Waals surface area contributed by atoms with E-state index in [4.69, 9.17) is 0 Å². The lowest BCUT2D eigenvalue weighted by Gasteiger charge is -2.38. The Balaban J connectivity index is 2.28. The maximum Gasteiger partial charge on any atom is 0.409 e. The van der Waals surface area contributed by atoms with Gasteiger partial charge in [0.15, 0.2) is 6.04 Å². The van der Waals surface area contributed by atoms with E-state index >= 15 is 0 Å². The average molecular weight is 364 g/mol. The number of benzene rings is 2. The van der Waals surface area contributed by atoms with Crippen LogP contribution in [0, 0.1) is 0 Å². The van der Waals surface area contributed by atoms with Gasteiger partial charge in [0, 0.05) is 12.0 Å². The Labute approximate surface area is 151 Å². The molecule has 0 bridgehead atoms. The Morgan fingerprint density at radius 1 is 1.08 bits per heavy atom. The van der Waals surface area contributed by atoms with Gasteiger partial charge in [-0.2, -0.15) is 18.2 Å². The molecule has 0 spiro atoms. The summed E-state index contributed by atoms with van der Waals surface area (Å²) in [5.74, 6) is -0.316. The van der Waals surface area contributed by atoms with Crippen LogP contribution in [0.5, 0.6) is 0 Å². The Morgan fingerprint density at radius 3 is 2.12 bits per heavy atom. The molecule has 1 heterocycles. The minimum Gasteiger partial charge on any atom is -0.287 e. The number of hydrazine groups is 1. The summed E-state index contributed by atoms with van der Waals surface area (Å²) in [5, 5.41) is 2.46. The molecule has 0 saturated carbocycles. The predicted molar refractivity (Wildman–Crippen MR) is 95.5 cm³/mol. The number of carbonyl (C=O) groups excluding carboxylic acids is 1. The van der Waals surface area contributed by atoms with Gasteiger partial charge in [-0.15, -0.1) is 0 Å². The highest BCUT2D eigenvalue weighted by Crippen LogP contribution is 2.45. The normalized spacial score (nSPS) is 19.2. The van der Waals surface area contributed by atoms with Crippen molar-refractivity contribution < 1.29 is 18.0 Å². The van der Waals surface area contributed by atoms with Crippen molar-refractivity contribution in [1.82, 2.24) is 10.4 Å². The van der Waals surface area contributed by atoms with Crippen LogP contribution < -0.4 is 5.43 Å². The van der Waals surface area contributed by atoms with E-state index in [0.29, 0.717) is 5.39 Å². The van der Waals surface area contributed by atoms with Gasteiger partial charge in [0.05, 0.1) is 0 Å². The summed E-state index contributed by atoms with van der Waals surface area (Å²) in [4.78, 5) is 11.9. The maximum absolute atomic E-state index is 14.2. The van der Waals surface area contributed by atoms with E-state index in [1.807, 2.05) is 38.1 Å². The highest BCUT2D eigenvalue weighted by Gasteiger charge is 2.53. The number of carbonyl (C=O) groups is 1. The molecule has 0 aliphatic carbocycles. The molecule has 140 valence electrons. The van der Waals surface area contributed by atoms with Crippen LogP contribution in [-0.2, 0) is 4.79 Å². The predicted octanol–water partition coefficient (Wildman–Crippen LogP) is 5.08. The molecule has 26 heavy (non-hydrogen) atoms. The lowest BCUT2D eigenvalue weighted by molar-refractivity contribution is -0.203. The number of hydrogen-bond acceptors (Lipinski definition) is 2. The van der Waals surface area contributed by atoms with Gasteiger partial charge in [0.2, 0.25) is 5.91 Å². The molecular formula is C20H23F3N2O. The van der Waals surface area contributed by atoms with Gasteiger partial charge >= 0.3 is 6.18 Å². The third-order valence-electron chi connectivity index (χ3n) is 4.94. The third-order valence-corrected chi connectivity index (χ3v) is 4.94. The maximum atomic E-state index is 14.2. The molecule has 1 aliphatic heterocycles. The monoisotopic (exact) mass is 364 g/mol. The molecule has 2 aromatic rings. The van der Waals surface area contributed by atoms with Crippen molar-refractivity contribution in [2.24, 2.45) is 0 Å². The molecule has 1 N–H and O–H groups in total. The minimum absolute atomic E-state index is 0.0292. The van der Waals surface area contributed by atoms with Crippen molar-refractivity contribution in [3.8, 4) is 0 Å². The van der Waals surface area contributed by atoms with Gasteiger partial charge < -0.3 is 0 Å². The average Bonchev–Trinajstić information content (AvgIpc) is 2.78. The number of alkyl halides is 3. The van der Waals surface area contributed by atoms with Crippen LogP contribution in [0.3, 0.4) is 0 Å². The molecule has 1 fully saturated rings. The smallest absolute Gasteiger partial charge is 0.287 e. The van der Waals surface area contributed by atoms with E-state index in [-0.39, 0.29) is 17.9 Å². The van der Waals surface area contributed by atoms with Crippen molar-refractivity contribution in [2.75, 3.05) is 0 Å². The molecule has 0 unspecified atom stereocenters. The number of rotatable bonds is 3. The van der Waals surface area contributed by atoms with Crippen molar-refractivity contribution >= 4 is 16.7 Å². The zero-order valence-electron chi connectivity index (χ0n) is 15.3. The van der Waals surface area contributed by atoms with Gasteiger partial charge in [-0.25, -0.2) is 0 Å². The molecule has 3 nitrogen and oxygen atoms in total. The van der Waals surface area contributed by atoms with E-state index in [9.17, 15) is 18.0 Å². The second-order valence-corrected chi connectivity index (χ2v) is 7.79. The minimum atomic E-state index is -4.53. The topological polar surface area (TPSA) is 32.3 Å². The SMILES string of the molecule is CC(C)c1cccc2cccc([C@H](N3NC(=O)CC3(C)C)C(F)(F)F)c12. The summed E-state index contributed by atoms with van der Waals surface area (Å²) in [6.45, 7) is 7.24. The highest BCUT2D eigenvalue weighted by molar-refractivity contribution is 5.90. The highest BCUT2D eigenvalue weighted by atomic mass is 19.4. The van der Waals surface area contributed by atoms with Gasteiger partial charge in [-0.3, -0.25) is 10.2 Å². The summed E-state index contributed by atoms with van der Waals surface area (Å²) in [6.07, 6.45) is -4.51. The van der Waals surface area contributed by atoms with Crippen molar-refractivity contribution in [2.45, 2.75) is 57.8 Å². The molecule has 1 aliphatic rings. The lowest BCUT2D eigenvalue weighted by Crippen LogP contribution is -2.51. The molecule has 6 heteroatoms. The molecule has 0 radical (unpaired) electrons. The van der Waals surface area contributed by atoms with E-state index in [0.717, 1.165) is 16.0 Å². The molecule has 2 aromatic carbocycles. The number of amides is 1. The molecule has 1 amide bonds. The first-order valence-electron chi connectivity index (χ1n) is 8.69. The van der Waals surface area contributed by atoms with Crippen LogP contribution in [0.15, 0.2) is 36.4 Å². The van der Waals surface area contributed by atoms with Gasteiger partial charge in [0.1, 0.15) is 0 Å². The van der Waals surface area contributed by atoms with E-state index in [2.05, 4.69) is 5.43 Å². The van der Waals surface area contributed by atoms with E-state index in [1.165, 1.54) is 6.07 Å². The Hall–Kier alpha value is -2.08. The van der Waals surface area contributed by atoms with Gasteiger partial charge in [0.25, 0.3) is 0 Å². The fraction of sp³-hybridized carbons (Fsp3) is 0.450. The van der Waals surface area contributed by atoms with E-state index in [1.54, 1.807) is 19.9 Å². The molecule has 1 saturated heterocycles. The fourth-order valence-electron chi connectivity index (χ4n) is 3.79. The summed E-state index contributed by atoms with van der Waals surface area (Å²) in [7, 11) is 0. The molecular weight excluding hydrogens is 341 g/mol. The number of fused-ring (bicyclic) bond motifs is 1. The number of hydrogen-bond donors (Lipinski definition) is 1. The van der Waals surface area contributed by atoms with E-state index < -0.39 is 23.7 Å². The van der Waals surface area contributed by atoms with Crippen LogP contribution in [-0.4, -0.2) is 22.6 Å². The second kappa shape index (κ2) is 6.27. The number of halogens is 3. The molecule has 1 atom stereocenters. The van der Waals surface area contributed by atoms with Crippen molar-refractivity contribution in [3.63, 3.8) is 0 Å². The Bertz CT molecular complexity index is 837. The van der Waals surface area contributed by atoms with Crippen molar-refractivity contribution in [1.29, 1.82) is 0 Å². The second-order valence-electron chi connectivity index (χ2n) is 7.79. The fourth-order valence-corrected chi connectivity index (χ4v) is 3.79. The van der Waals surface area contributed by atoms with Crippen LogP contribution in [0.2, 0.25) is 0 Å². The Kier molecular flexibility index (Phi) is 4.51. The quantitative estimate of drug-likeness (QED) is 0.823. The summed E-state index contributed by atoms with van der Waals surface area (Å²) in [6, 6.07) is 8.65. The largest absolute Gasteiger partial charge is 0.409 e. The first-order valence-corrected chi connectivity index (χ1v) is 8.69. The van der Waals surface area contributed by atoms with Crippen LogP contribution in [0.25, 0.3) is 10.8 Å². The van der Waals surface area contributed by atoms with Crippen molar-refractivity contribution in [3.05, 3.63) is 47.5 Å². The Morgan fingerprint density at radius 2 is 1.65 bits per heavy atom. The van der Waals surface area contributed by atoms with Gasteiger partial charge in [-0.05, 0) is 41.7 Å². The molecule has 3 rings (SSSR count). The number of nitrogens with zero attached hydrogens (tertiary/aromatic N) is 1. The zero-order chi connectivity index (χ0) is 19.3. The third kappa shape index (κ3) is 3.18. The molecule has 0 aromatic heterocycles. The number of nitrogens with one attached hydrogen (secondary N) is 1.